The molecule has 0 saturated carbocycles. The Morgan fingerprint density at radius 2 is 1.57 bits per heavy atom. The van der Waals surface area contributed by atoms with Crippen LogP contribution in [0.25, 0.3) is 28.0 Å². The van der Waals surface area contributed by atoms with Gasteiger partial charge in [-0.25, -0.2) is 9.78 Å². The number of aromatic nitrogens is 3. The molecule has 1 aliphatic heterocycles. The number of amides is 1. The summed E-state index contributed by atoms with van der Waals surface area (Å²) in [5.41, 5.74) is 7.45. The van der Waals surface area contributed by atoms with E-state index in [9.17, 15) is 9.90 Å². The molecule has 4 aromatic rings. The molecule has 9 heteroatoms. The predicted molar refractivity (Wildman–Crippen MR) is 176 cm³/mol. The van der Waals surface area contributed by atoms with Crippen molar-refractivity contribution in [3.05, 3.63) is 71.9 Å². The van der Waals surface area contributed by atoms with E-state index in [1.807, 2.05) is 10.6 Å². The van der Waals surface area contributed by atoms with Crippen molar-refractivity contribution in [1.29, 1.82) is 0 Å². The molecule has 9 nitrogen and oxygen atoms in total. The van der Waals surface area contributed by atoms with Crippen molar-refractivity contribution >= 4 is 17.6 Å². The maximum atomic E-state index is 10.5. The first kappa shape index (κ1) is 31.5. The van der Waals surface area contributed by atoms with Gasteiger partial charge in [0.15, 0.2) is 5.65 Å². The minimum Gasteiger partial charge on any atom is -0.465 e. The van der Waals surface area contributed by atoms with Crippen LogP contribution in [0.3, 0.4) is 0 Å². The number of benzene rings is 2. The highest BCUT2D eigenvalue weighted by Gasteiger charge is 2.23. The van der Waals surface area contributed by atoms with Gasteiger partial charge in [0, 0.05) is 56.5 Å². The van der Waals surface area contributed by atoms with Crippen molar-refractivity contribution in [3.63, 3.8) is 0 Å². The molecule has 0 spiro atoms. The smallest absolute Gasteiger partial charge is 0.404 e. The number of hydrogen-bond donors (Lipinski definition) is 3. The molecule has 0 unspecified atom stereocenters. The van der Waals surface area contributed by atoms with Crippen LogP contribution < -0.4 is 10.2 Å². The molecular weight excluding hydrogens is 552 g/mol. The van der Waals surface area contributed by atoms with Gasteiger partial charge in [0.05, 0.1) is 18.0 Å². The number of hydrogen-bond acceptors (Lipinski definition) is 6. The molecule has 2 aromatic carbocycles. The number of β-amino-alcohol motifs (C(OH)–C–C–N with tert-alkyl or cyclic N) is 1. The second kappa shape index (κ2) is 15.7. The minimum atomic E-state index is -0.937. The molecular formula is C35H46N6O3. The Bertz CT molecular complexity index is 1500. The predicted octanol–water partition coefficient (Wildman–Crippen LogP) is 6.03. The average molecular weight is 599 g/mol. The summed E-state index contributed by atoms with van der Waals surface area (Å²) in [6.45, 7) is 7.07. The maximum Gasteiger partial charge on any atom is 0.404 e. The topological polar surface area (TPSA) is 106 Å². The van der Waals surface area contributed by atoms with E-state index in [1.165, 1.54) is 24.8 Å². The Kier molecular flexibility index (Phi) is 11.2. The van der Waals surface area contributed by atoms with E-state index >= 15 is 0 Å². The zero-order chi connectivity index (χ0) is 30.7. The van der Waals surface area contributed by atoms with Crippen molar-refractivity contribution in [2.24, 2.45) is 0 Å². The molecule has 234 valence electrons. The Morgan fingerprint density at radius 3 is 2.30 bits per heavy atom. The number of carboxylic acid groups (broad SMARTS) is 1. The van der Waals surface area contributed by atoms with Gasteiger partial charge in [0.25, 0.3) is 0 Å². The molecule has 5 rings (SSSR count). The number of rotatable bonds is 15. The van der Waals surface area contributed by atoms with Gasteiger partial charge in [0.1, 0.15) is 5.82 Å². The fourth-order valence-corrected chi connectivity index (χ4v) is 6.19. The summed E-state index contributed by atoms with van der Waals surface area (Å²) in [5, 5.41) is 25.5. The van der Waals surface area contributed by atoms with Crippen LogP contribution in [0.5, 0.6) is 0 Å². The van der Waals surface area contributed by atoms with Crippen molar-refractivity contribution in [3.8, 4) is 22.4 Å². The molecule has 1 fully saturated rings. The van der Waals surface area contributed by atoms with Gasteiger partial charge in [-0.3, -0.25) is 4.90 Å². The Morgan fingerprint density at radius 1 is 0.864 bits per heavy atom. The van der Waals surface area contributed by atoms with E-state index in [1.54, 1.807) is 0 Å². The molecule has 2 aromatic heterocycles. The van der Waals surface area contributed by atoms with Gasteiger partial charge in [-0.15, -0.1) is 0 Å². The number of nitrogens with zero attached hydrogens (tertiary/aromatic N) is 5. The number of anilines is 1. The van der Waals surface area contributed by atoms with Gasteiger partial charge >= 0.3 is 6.09 Å². The lowest BCUT2D eigenvalue weighted by molar-refractivity contribution is 0.188. The monoisotopic (exact) mass is 598 g/mol. The molecule has 1 amide bonds. The van der Waals surface area contributed by atoms with Gasteiger partial charge in [-0.2, -0.15) is 9.61 Å². The van der Waals surface area contributed by atoms with E-state index in [-0.39, 0.29) is 6.61 Å². The zero-order valence-electron chi connectivity index (χ0n) is 25.9. The van der Waals surface area contributed by atoms with Crippen LogP contribution in [0.1, 0.15) is 56.2 Å². The lowest BCUT2D eigenvalue weighted by atomic mass is 10.0. The lowest BCUT2D eigenvalue weighted by Gasteiger charge is -2.35. The van der Waals surface area contributed by atoms with Crippen LogP contribution in [-0.2, 0) is 6.42 Å². The first-order chi connectivity index (χ1) is 21.5. The highest BCUT2D eigenvalue weighted by molar-refractivity contribution is 5.83. The highest BCUT2D eigenvalue weighted by atomic mass is 16.4. The number of aliphatic hydroxyl groups is 1. The molecule has 1 saturated heterocycles. The number of carbonyl (C=O) groups is 1. The maximum absolute atomic E-state index is 10.5. The highest BCUT2D eigenvalue weighted by Crippen LogP contribution is 2.33. The summed E-state index contributed by atoms with van der Waals surface area (Å²) >= 11 is 0. The van der Waals surface area contributed by atoms with Gasteiger partial charge in [-0.05, 0) is 43.4 Å². The number of piperazine rings is 1. The van der Waals surface area contributed by atoms with E-state index in [0.29, 0.717) is 13.1 Å². The van der Waals surface area contributed by atoms with Crippen molar-refractivity contribution < 1.29 is 15.0 Å². The second-order valence-corrected chi connectivity index (χ2v) is 11.8. The molecule has 0 aliphatic carbocycles. The molecule has 44 heavy (non-hydrogen) atoms. The van der Waals surface area contributed by atoms with Crippen LogP contribution in [0.2, 0.25) is 0 Å². The fourth-order valence-electron chi connectivity index (χ4n) is 6.19. The Balaban J connectivity index is 1.31. The molecule has 0 atom stereocenters. The first-order valence-corrected chi connectivity index (χ1v) is 16.1. The number of fused-ring (bicyclic) bond motifs is 1. The summed E-state index contributed by atoms with van der Waals surface area (Å²) in [4.78, 5) is 20.5. The quantitative estimate of drug-likeness (QED) is 0.144. The lowest BCUT2D eigenvalue weighted by Crippen LogP contribution is -2.47. The number of aliphatic hydroxyl groups excluding tert-OH is 1. The van der Waals surface area contributed by atoms with Crippen LogP contribution in [0.4, 0.5) is 10.6 Å². The van der Waals surface area contributed by atoms with Gasteiger partial charge in [0.2, 0.25) is 0 Å². The summed E-state index contributed by atoms with van der Waals surface area (Å²) in [6, 6.07) is 21.4. The minimum absolute atomic E-state index is 0.187. The van der Waals surface area contributed by atoms with Crippen molar-refractivity contribution in [2.75, 3.05) is 50.8 Å². The molecule has 3 N–H and O–H groups in total. The molecule has 3 heterocycles. The van der Waals surface area contributed by atoms with Crippen LogP contribution in [-0.4, -0.2) is 81.7 Å². The third kappa shape index (κ3) is 8.15. The summed E-state index contributed by atoms with van der Waals surface area (Å²) in [6.07, 6.45) is 8.00. The SMILES string of the molecule is Cc1nn2c(N3CCN(CCO)CC3)cc(-c3cccc(CCCCCCCCCNC(=O)O)c3)nc2c1-c1ccccc1. The van der Waals surface area contributed by atoms with Crippen molar-refractivity contribution in [2.45, 2.75) is 58.3 Å². The Hall–Kier alpha value is -3.95. The first-order valence-electron chi connectivity index (χ1n) is 16.1. The normalized spacial score (nSPS) is 13.9. The van der Waals surface area contributed by atoms with E-state index in [4.69, 9.17) is 15.2 Å². The molecule has 0 radical (unpaired) electrons. The van der Waals surface area contributed by atoms with E-state index in [0.717, 1.165) is 97.8 Å². The number of aryl methyl sites for hydroxylation is 2. The van der Waals surface area contributed by atoms with Gasteiger partial charge < -0.3 is 20.4 Å². The third-order valence-corrected chi connectivity index (χ3v) is 8.56. The van der Waals surface area contributed by atoms with Crippen molar-refractivity contribution in [1.82, 2.24) is 24.8 Å². The number of unbranched alkanes of at least 4 members (excludes halogenated alkanes) is 6. The fraction of sp³-hybridized carbons (Fsp3) is 0.457. The van der Waals surface area contributed by atoms with E-state index in [2.05, 4.69) is 76.6 Å². The summed E-state index contributed by atoms with van der Waals surface area (Å²) in [5.74, 6) is 1.06. The van der Waals surface area contributed by atoms with Crippen LogP contribution >= 0.6 is 0 Å². The molecule has 1 aliphatic rings. The summed E-state index contributed by atoms with van der Waals surface area (Å²) in [7, 11) is 0. The Labute approximate surface area is 260 Å². The average Bonchev–Trinajstić information content (AvgIpc) is 3.38. The third-order valence-electron chi connectivity index (χ3n) is 8.56. The molecule has 0 bridgehead atoms. The zero-order valence-corrected chi connectivity index (χ0v) is 25.9. The second-order valence-electron chi connectivity index (χ2n) is 11.8. The number of nitrogens with one attached hydrogen (secondary N) is 1. The van der Waals surface area contributed by atoms with E-state index < -0.39 is 6.09 Å². The standard InChI is InChI=1S/C35H46N6O3/c1-27-33(29-15-9-7-10-16-29)34-37-31(26-32(41(34)38-27)40-21-19-39(20-22-40)23-24-42)30-17-12-14-28(25-30)13-8-5-3-2-4-6-11-18-36-35(43)44/h7,9-10,12,14-17,25-26,36,42H,2-6,8,11,13,18-24H2,1H3,(H,43,44). The van der Waals surface area contributed by atoms with Gasteiger partial charge in [-0.1, -0.05) is 80.6 Å². The van der Waals surface area contributed by atoms with Crippen LogP contribution in [0.15, 0.2) is 60.7 Å². The van der Waals surface area contributed by atoms with Crippen LogP contribution in [0, 0.1) is 6.92 Å². The largest absolute Gasteiger partial charge is 0.465 e. The summed E-state index contributed by atoms with van der Waals surface area (Å²) < 4.78 is 2.02.